The van der Waals surface area contributed by atoms with Gasteiger partial charge in [0.2, 0.25) is 0 Å². The number of benzene rings is 1. The van der Waals surface area contributed by atoms with Gasteiger partial charge < -0.3 is 15.5 Å². The van der Waals surface area contributed by atoms with Crippen molar-refractivity contribution < 1.29 is 9.59 Å². The van der Waals surface area contributed by atoms with Crippen molar-refractivity contribution in [2.24, 2.45) is 10.2 Å². The molecular weight excluding hydrogens is 586 g/mol. The van der Waals surface area contributed by atoms with Gasteiger partial charge in [-0.1, -0.05) is 53.4 Å². The number of anilines is 1. The van der Waals surface area contributed by atoms with E-state index in [1.54, 1.807) is 32.0 Å². The lowest BCUT2D eigenvalue weighted by atomic mass is 10.1. The summed E-state index contributed by atoms with van der Waals surface area (Å²) in [5.41, 5.74) is 9.74. The Hall–Kier alpha value is -4.11. The summed E-state index contributed by atoms with van der Waals surface area (Å²) in [7, 11) is 0. The summed E-state index contributed by atoms with van der Waals surface area (Å²) in [5.74, 6) is -0.0245. The number of unbranched alkanes of at least 4 members (excludes halogenated alkanes) is 4. The highest BCUT2D eigenvalue weighted by Crippen LogP contribution is 2.34. The van der Waals surface area contributed by atoms with Crippen LogP contribution in [0.2, 0.25) is 0 Å². The Morgan fingerprint density at radius 2 is 1.33 bits per heavy atom. The van der Waals surface area contributed by atoms with Crippen molar-refractivity contribution >= 4 is 39.9 Å². The molecule has 12 heteroatoms. The number of nitrogens with two attached hydrogens (primary N) is 1. The summed E-state index contributed by atoms with van der Waals surface area (Å²) in [5, 5.41) is 23.1. The molecule has 0 aliphatic carbocycles. The quantitative estimate of drug-likeness (QED) is 0.150. The summed E-state index contributed by atoms with van der Waals surface area (Å²) < 4.78 is 5.70. The molecule has 3 rings (SSSR count). The number of hydrogen-bond acceptors (Lipinski definition) is 9. The normalized spacial score (nSPS) is 11.2. The molecule has 1 aromatic carbocycles. The molecule has 0 radical (unpaired) electrons. The number of rotatable bonds is 17. The van der Waals surface area contributed by atoms with Gasteiger partial charge >= 0.3 is 0 Å². The fourth-order valence-electron chi connectivity index (χ4n) is 4.88. The maximum absolute atomic E-state index is 14.0. The van der Waals surface area contributed by atoms with E-state index in [0.29, 0.717) is 70.6 Å². The first kappa shape index (κ1) is 35.4. The third-order valence-electron chi connectivity index (χ3n) is 7.62. The number of nitrogen functional groups attached to an aromatic ring is 1. The lowest BCUT2D eigenvalue weighted by Crippen LogP contribution is -2.35. The largest absolute Gasteiger partial charge is 0.382 e. The van der Waals surface area contributed by atoms with Gasteiger partial charge in [0, 0.05) is 37.3 Å². The highest BCUT2D eigenvalue weighted by molar-refractivity contribution is 7.10. The average molecular weight is 634 g/mol. The van der Waals surface area contributed by atoms with E-state index in [-0.39, 0.29) is 17.6 Å². The number of azo groups is 1. The van der Waals surface area contributed by atoms with Crippen LogP contribution in [0, 0.1) is 25.2 Å². The summed E-state index contributed by atoms with van der Waals surface area (Å²) in [6.45, 7) is 14.5. The Morgan fingerprint density at radius 3 is 1.78 bits per heavy atom. The second-order valence-electron chi connectivity index (χ2n) is 11.3. The van der Waals surface area contributed by atoms with Crippen molar-refractivity contribution in [1.29, 1.82) is 5.26 Å². The van der Waals surface area contributed by atoms with E-state index >= 15 is 0 Å². The van der Waals surface area contributed by atoms with Crippen LogP contribution in [0.4, 0.5) is 16.5 Å². The van der Waals surface area contributed by atoms with Crippen molar-refractivity contribution in [2.75, 3.05) is 31.9 Å². The number of carbonyl (C=O) groups excluding carboxylic acids is 2. The molecule has 0 fully saturated rings. The van der Waals surface area contributed by atoms with E-state index < -0.39 is 0 Å². The molecule has 0 saturated carbocycles. The van der Waals surface area contributed by atoms with E-state index in [9.17, 15) is 14.9 Å². The Bertz CT molecular complexity index is 1450. The number of nitriles is 1. The number of nitrogens with zero attached hydrogens (tertiary/aromatic N) is 8. The fraction of sp³-hybridized carbons (Fsp3) is 0.545. The number of aromatic nitrogens is 3. The molecule has 2 amide bonds. The molecule has 2 aromatic heterocycles. The van der Waals surface area contributed by atoms with Gasteiger partial charge in [-0.2, -0.15) is 14.7 Å². The second kappa shape index (κ2) is 17.4. The van der Waals surface area contributed by atoms with Gasteiger partial charge in [0.15, 0.2) is 16.5 Å². The van der Waals surface area contributed by atoms with Crippen molar-refractivity contribution in [2.45, 2.75) is 92.9 Å². The zero-order chi connectivity index (χ0) is 32.9. The Morgan fingerprint density at radius 1 is 0.844 bits per heavy atom. The molecule has 0 aliphatic rings. The van der Waals surface area contributed by atoms with E-state index in [4.69, 9.17) is 5.73 Å². The molecule has 2 N–H and O–H groups in total. The lowest BCUT2D eigenvalue weighted by Gasteiger charge is -2.25. The van der Waals surface area contributed by atoms with E-state index in [2.05, 4.69) is 53.5 Å². The molecule has 0 unspecified atom stereocenters. The van der Waals surface area contributed by atoms with Gasteiger partial charge in [0.25, 0.3) is 11.8 Å². The third kappa shape index (κ3) is 8.97. The molecule has 3 aromatic rings. The fourth-order valence-corrected chi connectivity index (χ4v) is 5.56. The molecule has 242 valence electrons. The van der Waals surface area contributed by atoms with Gasteiger partial charge in [-0.15, -0.1) is 10.2 Å². The molecule has 0 saturated heterocycles. The van der Waals surface area contributed by atoms with Crippen molar-refractivity contribution in [1.82, 2.24) is 24.0 Å². The topological polar surface area (TPSA) is 146 Å². The lowest BCUT2D eigenvalue weighted by molar-refractivity contribution is 0.0749. The van der Waals surface area contributed by atoms with Gasteiger partial charge in [0.05, 0.1) is 17.1 Å². The average Bonchev–Trinajstić information content (AvgIpc) is 3.55. The monoisotopic (exact) mass is 633 g/mol. The minimum absolute atomic E-state index is 0.117. The number of hydrogen-bond donors (Lipinski definition) is 1. The predicted molar refractivity (Wildman–Crippen MR) is 180 cm³/mol. The first-order chi connectivity index (χ1) is 21.7. The molecule has 11 nitrogen and oxygen atoms in total. The molecule has 0 aliphatic heterocycles. The van der Waals surface area contributed by atoms with Crippen LogP contribution in [0.5, 0.6) is 0 Å². The van der Waals surface area contributed by atoms with Crippen molar-refractivity contribution in [3.8, 4) is 11.8 Å². The minimum atomic E-state index is -0.117. The maximum Gasteiger partial charge on any atom is 0.253 e. The molecular formula is C33H47N9O2S. The first-order valence-corrected chi connectivity index (χ1v) is 16.8. The van der Waals surface area contributed by atoms with E-state index in [0.717, 1.165) is 62.9 Å². The van der Waals surface area contributed by atoms with Crippen LogP contribution in [0.25, 0.3) is 5.69 Å². The SMILES string of the molecule is CCCCN(CCCC)C(=O)c1cc(C(=O)N(CCCC)CCCC)cc(-n2nc(C)c(N=Nc3snc(C)c3C#N)c2N)c1. The van der Waals surface area contributed by atoms with Gasteiger partial charge in [-0.3, -0.25) is 9.59 Å². The van der Waals surface area contributed by atoms with Crippen LogP contribution < -0.4 is 5.73 Å². The third-order valence-corrected chi connectivity index (χ3v) is 8.44. The van der Waals surface area contributed by atoms with Gasteiger partial charge in [-0.05, 0) is 69.3 Å². The van der Waals surface area contributed by atoms with Crippen LogP contribution in [-0.2, 0) is 0 Å². The van der Waals surface area contributed by atoms with Crippen molar-refractivity contribution in [3.63, 3.8) is 0 Å². The maximum atomic E-state index is 14.0. The van der Waals surface area contributed by atoms with Crippen LogP contribution in [0.15, 0.2) is 28.4 Å². The Labute approximate surface area is 271 Å². The zero-order valence-electron chi connectivity index (χ0n) is 27.6. The van der Waals surface area contributed by atoms with Crippen molar-refractivity contribution in [3.05, 3.63) is 46.3 Å². The van der Waals surface area contributed by atoms with Crippen LogP contribution in [-0.4, -0.2) is 61.9 Å². The zero-order valence-corrected chi connectivity index (χ0v) is 28.4. The number of carbonyl (C=O) groups is 2. The van der Waals surface area contributed by atoms with Gasteiger partial charge in [-0.25, -0.2) is 4.68 Å². The minimum Gasteiger partial charge on any atom is -0.382 e. The molecule has 0 atom stereocenters. The standard InChI is InChI=1S/C33H47N9O2S/c1-7-11-15-40(16-12-8-2)32(43)25-19-26(33(44)41(17-13-9-3)18-14-10-4)21-27(20-25)42-30(35)29(24(6)38-42)36-37-31-28(22-34)23(5)39-45-31/h19-21H,7-18,35H2,1-6H3. The molecule has 2 heterocycles. The Kier molecular flexibility index (Phi) is 13.7. The predicted octanol–water partition coefficient (Wildman–Crippen LogP) is 7.90. The highest BCUT2D eigenvalue weighted by Gasteiger charge is 2.23. The van der Waals surface area contributed by atoms with Crippen LogP contribution in [0.1, 0.15) is 117 Å². The van der Waals surface area contributed by atoms with Crippen LogP contribution >= 0.6 is 11.5 Å². The van der Waals surface area contributed by atoms with Crippen LogP contribution in [0.3, 0.4) is 0 Å². The summed E-state index contributed by atoms with van der Waals surface area (Å²) in [4.78, 5) is 31.7. The van der Waals surface area contributed by atoms with E-state index in [1.165, 1.54) is 4.68 Å². The highest BCUT2D eigenvalue weighted by atomic mass is 32.1. The smallest absolute Gasteiger partial charge is 0.253 e. The number of amides is 2. The van der Waals surface area contributed by atoms with E-state index in [1.807, 2.05) is 9.80 Å². The molecule has 45 heavy (non-hydrogen) atoms. The first-order valence-electron chi connectivity index (χ1n) is 16.1. The number of aryl methyl sites for hydroxylation is 2. The molecule has 0 bridgehead atoms. The summed E-state index contributed by atoms with van der Waals surface area (Å²) in [6, 6.07) is 7.32. The summed E-state index contributed by atoms with van der Waals surface area (Å²) in [6.07, 6.45) is 7.48. The van der Waals surface area contributed by atoms with Gasteiger partial charge in [0.1, 0.15) is 11.6 Å². The summed E-state index contributed by atoms with van der Waals surface area (Å²) >= 11 is 1.09. The molecule has 0 spiro atoms. The second-order valence-corrected chi connectivity index (χ2v) is 12.0. The Balaban J connectivity index is 2.13.